The van der Waals surface area contributed by atoms with Crippen LogP contribution in [0.5, 0.6) is 0 Å². The summed E-state index contributed by atoms with van der Waals surface area (Å²) in [5, 5.41) is 4.05. The van der Waals surface area contributed by atoms with Crippen molar-refractivity contribution in [1.29, 1.82) is 0 Å². The molecule has 0 aliphatic rings. The van der Waals surface area contributed by atoms with Crippen molar-refractivity contribution < 1.29 is 4.39 Å². The van der Waals surface area contributed by atoms with Gasteiger partial charge in [0.1, 0.15) is 5.82 Å². The minimum atomic E-state index is -0.362. The number of hydrogen-bond acceptors (Lipinski definition) is 3. The number of pyridine rings is 1. The number of nitrogens with two attached hydrogens (primary N) is 1. The van der Waals surface area contributed by atoms with Gasteiger partial charge in [-0.25, -0.2) is 4.39 Å². The Morgan fingerprint density at radius 3 is 2.88 bits per heavy atom. The molecule has 0 radical (unpaired) electrons. The van der Waals surface area contributed by atoms with Crippen LogP contribution >= 0.6 is 0 Å². The number of halogens is 1. The third-order valence-electron chi connectivity index (χ3n) is 2.37. The average molecular weight is 220 g/mol. The molecule has 1 unspecified atom stereocenters. The van der Waals surface area contributed by atoms with E-state index in [0.29, 0.717) is 12.0 Å². The maximum Gasteiger partial charge on any atom is 0.141 e. The molecule has 0 amide bonds. The van der Waals surface area contributed by atoms with Gasteiger partial charge < -0.3 is 5.73 Å². The van der Waals surface area contributed by atoms with Crippen molar-refractivity contribution >= 4 is 0 Å². The lowest BCUT2D eigenvalue weighted by Crippen LogP contribution is -2.13. The molecule has 2 heterocycles. The van der Waals surface area contributed by atoms with Gasteiger partial charge in [0.2, 0.25) is 0 Å². The Balaban J connectivity index is 2.11. The standard InChI is InChI=1S/C11H13FN4/c1-16-7-8(4-15-16)2-11(13)9-3-10(12)6-14-5-9/h3-7,11H,2,13H2,1H3. The van der Waals surface area contributed by atoms with E-state index in [4.69, 9.17) is 5.73 Å². The summed E-state index contributed by atoms with van der Waals surface area (Å²) in [4.78, 5) is 3.78. The van der Waals surface area contributed by atoms with Gasteiger partial charge in [-0.3, -0.25) is 9.67 Å². The molecule has 2 aromatic rings. The molecule has 2 rings (SSSR count). The fourth-order valence-electron chi connectivity index (χ4n) is 1.58. The maximum absolute atomic E-state index is 12.9. The van der Waals surface area contributed by atoms with Crippen LogP contribution in [0, 0.1) is 5.82 Å². The normalized spacial score (nSPS) is 12.7. The molecule has 16 heavy (non-hydrogen) atoms. The average Bonchev–Trinajstić information content (AvgIpc) is 2.64. The molecule has 0 bridgehead atoms. The lowest BCUT2D eigenvalue weighted by atomic mass is 10.0. The quantitative estimate of drug-likeness (QED) is 0.845. The Bertz CT molecular complexity index is 480. The Kier molecular flexibility index (Phi) is 2.96. The zero-order valence-electron chi connectivity index (χ0n) is 8.97. The van der Waals surface area contributed by atoms with Crippen LogP contribution in [0.15, 0.2) is 30.9 Å². The second-order valence-electron chi connectivity index (χ2n) is 3.77. The van der Waals surface area contributed by atoms with Crippen molar-refractivity contribution in [3.05, 3.63) is 47.8 Å². The Labute approximate surface area is 92.9 Å². The van der Waals surface area contributed by atoms with E-state index >= 15 is 0 Å². The van der Waals surface area contributed by atoms with Crippen molar-refractivity contribution in [2.75, 3.05) is 0 Å². The van der Waals surface area contributed by atoms with Crippen LogP contribution in [-0.2, 0) is 13.5 Å². The summed E-state index contributed by atoms with van der Waals surface area (Å²) >= 11 is 0. The summed E-state index contributed by atoms with van der Waals surface area (Å²) in [6, 6.07) is 1.15. The monoisotopic (exact) mass is 220 g/mol. The molecule has 84 valence electrons. The van der Waals surface area contributed by atoms with Gasteiger partial charge in [0.15, 0.2) is 0 Å². The van der Waals surface area contributed by atoms with Gasteiger partial charge in [0, 0.05) is 25.5 Å². The van der Waals surface area contributed by atoms with E-state index in [-0.39, 0.29) is 11.9 Å². The zero-order chi connectivity index (χ0) is 11.5. The minimum absolute atomic E-state index is 0.257. The molecular formula is C11H13FN4. The van der Waals surface area contributed by atoms with E-state index in [1.54, 1.807) is 17.1 Å². The molecule has 5 heteroatoms. The van der Waals surface area contributed by atoms with Crippen LogP contribution in [0.4, 0.5) is 4.39 Å². The van der Waals surface area contributed by atoms with Crippen LogP contribution in [0.3, 0.4) is 0 Å². The largest absolute Gasteiger partial charge is 0.324 e. The van der Waals surface area contributed by atoms with Gasteiger partial charge in [0.05, 0.1) is 12.4 Å². The third kappa shape index (κ3) is 2.43. The lowest BCUT2D eigenvalue weighted by Gasteiger charge is -2.09. The second-order valence-corrected chi connectivity index (χ2v) is 3.77. The van der Waals surface area contributed by atoms with Crippen molar-refractivity contribution in [3.63, 3.8) is 0 Å². The zero-order valence-corrected chi connectivity index (χ0v) is 8.97. The molecule has 0 saturated carbocycles. The van der Waals surface area contributed by atoms with Gasteiger partial charge >= 0.3 is 0 Å². The summed E-state index contributed by atoms with van der Waals surface area (Å²) in [5.41, 5.74) is 7.69. The van der Waals surface area contributed by atoms with Gasteiger partial charge in [-0.1, -0.05) is 0 Å². The Morgan fingerprint density at radius 2 is 2.25 bits per heavy atom. The van der Waals surface area contributed by atoms with Gasteiger partial charge in [-0.2, -0.15) is 5.10 Å². The minimum Gasteiger partial charge on any atom is -0.324 e. The highest BCUT2D eigenvalue weighted by atomic mass is 19.1. The van der Waals surface area contributed by atoms with Crippen molar-refractivity contribution in [3.8, 4) is 0 Å². The first-order valence-corrected chi connectivity index (χ1v) is 4.98. The van der Waals surface area contributed by atoms with Gasteiger partial charge in [-0.15, -0.1) is 0 Å². The molecule has 1 atom stereocenters. The molecule has 0 saturated heterocycles. The Morgan fingerprint density at radius 1 is 1.44 bits per heavy atom. The van der Waals surface area contributed by atoms with Crippen LogP contribution in [0.2, 0.25) is 0 Å². The molecule has 0 fully saturated rings. The summed E-state index contributed by atoms with van der Waals surface area (Å²) in [5.74, 6) is -0.362. The number of hydrogen-bond donors (Lipinski definition) is 1. The van der Waals surface area contributed by atoms with E-state index in [2.05, 4.69) is 10.1 Å². The number of aryl methyl sites for hydroxylation is 1. The molecule has 0 aliphatic carbocycles. The number of nitrogens with zero attached hydrogens (tertiary/aromatic N) is 3. The van der Waals surface area contributed by atoms with Crippen LogP contribution in [-0.4, -0.2) is 14.8 Å². The molecule has 2 aromatic heterocycles. The predicted octanol–water partition coefficient (Wildman–Crippen LogP) is 1.20. The Hall–Kier alpha value is -1.75. The van der Waals surface area contributed by atoms with Gasteiger partial charge in [-0.05, 0) is 23.6 Å². The highest BCUT2D eigenvalue weighted by Gasteiger charge is 2.09. The fraction of sp³-hybridized carbons (Fsp3) is 0.273. The molecule has 0 aromatic carbocycles. The first-order chi connectivity index (χ1) is 7.65. The summed E-state index contributed by atoms with van der Waals surface area (Å²) in [6.45, 7) is 0. The SMILES string of the molecule is Cn1cc(CC(N)c2cncc(F)c2)cn1. The van der Waals surface area contributed by atoms with Crippen LogP contribution in [0.1, 0.15) is 17.2 Å². The van der Waals surface area contributed by atoms with Crippen molar-refractivity contribution in [2.45, 2.75) is 12.5 Å². The molecule has 4 nitrogen and oxygen atoms in total. The van der Waals surface area contributed by atoms with E-state index in [1.165, 1.54) is 12.3 Å². The summed E-state index contributed by atoms with van der Waals surface area (Å²) in [6.07, 6.45) is 7.03. The molecule has 0 spiro atoms. The molecule has 0 aliphatic heterocycles. The fourth-order valence-corrected chi connectivity index (χ4v) is 1.58. The van der Waals surface area contributed by atoms with Crippen molar-refractivity contribution in [1.82, 2.24) is 14.8 Å². The first-order valence-electron chi connectivity index (χ1n) is 4.98. The predicted molar refractivity (Wildman–Crippen MR) is 58.0 cm³/mol. The van der Waals surface area contributed by atoms with Crippen molar-refractivity contribution in [2.24, 2.45) is 12.8 Å². The summed E-state index contributed by atoms with van der Waals surface area (Å²) in [7, 11) is 1.85. The smallest absolute Gasteiger partial charge is 0.141 e. The van der Waals surface area contributed by atoms with E-state index in [1.807, 2.05) is 13.2 Å². The first kappa shape index (κ1) is 10.8. The molecule has 2 N–H and O–H groups in total. The van der Waals surface area contributed by atoms with E-state index < -0.39 is 0 Å². The number of rotatable bonds is 3. The van der Waals surface area contributed by atoms with Crippen LogP contribution < -0.4 is 5.73 Å². The highest BCUT2D eigenvalue weighted by Crippen LogP contribution is 2.15. The summed E-state index contributed by atoms with van der Waals surface area (Å²) < 4.78 is 14.7. The second kappa shape index (κ2) is 4.40. The highest BCUT2D eigenvalue weighted by molar-refractivity contribution is 5.18. The van der Waals surface area contributed by atoms with E-state index in [9.17, 15) is 4.39 Å². The molecular weight excluding hydrogens is 207 g/mol. The maximum atomic E-state index is 12.9. The van der Waals surface area contributed by atoms with E-state index in [0.717, 1.165) is 5.56 Å². The topological polar surface area (TPSA) is 56.7 Å². The van der Waals surface area contributed by atoms with Crippen LogP contribution in [0.25, 0.3) is 0 Å². The third-order valence-corrected chi connectivity index (χ3v) is 2.37. The lowest BCUT2D eigenvalue weighted by molar-refractivity contribution is 0.610. The number of aromatic nitrogens is 3. The van der Waals surface area contributed by atoms with Gasteiger partial charge in [0.25, 0.3) is 0 Å².